The van der Waals surface area contributed by atoms with Crippen molar-refractivity contribution in [1.82, 2.24) is 4.90 Å². The molecule has 0 radical (unpaired) electrons. The fraction of sp³-hybridized carbons (Fsp3) is 0.562. The van der Waals surface area contributed by atoms with Crippen LogP contribution in [-0.4, -0.2) is 47.8 Å². The van der Waals surface area contributed by atoms with Crippen molar-refractivity contribution in [3.8, 4) is 0 Å². The Hall–Kier alpha value is -1.39. The summed E-state index contributed by atoms with van der Waals surface area (Å²) in [6.45, 7) is 2.93. The molecular weight excluding hydrogens is 254 g/mol. The van der Waals surface area contributed by atoms with Crippen molar-refractivity contribution >= 4 is 5.97 Å². The summed E-state index contributed by atoms with van der Waals surface area (Å²) in [5, 5.41) is 8.96. The van der Waals surface area contributed by atoms with Crippen molar-refractivity contribution in [2.24, 2.45) is 0 Å². The fourth-order valence-corrected chi connectivity index (χ4v) is 3.21. The molecule has 0 bridgehead atoms. The van der Waals surface area contributed by atoms with Gasteiger partial charge in [0.15, 0.2) is 6.10 Å². The van der Waals surface area contributed by atoms with Crippen LogP contribution in [0.25, 0.3) is 0 Å². The first-order valence-corrected chi connectivity index (χ1v) is 7.40. The first-order valence-electron chi connectivity index (χ1n) is 7.40. The van der Waals surface area contributed by atoms with Crippen LogP contribution in [0.3, 0.4) is 0 Å². The number of fused-ring (bicyclic) bond motifs is 1. The number of rotatable bonds is 3. The van der Waals surface area contributed by atoms with E-state index < -0.39 is 12.1 Å². The minimum atomic E-state index is -0.823. The van der Waals surface area contributed by atoms with Gasteiger partial charge >= 0.3 is 5.97 Å². The summed E-state index contributed by atoms with van der Waals surface area (Å²) in [6, 6.07) is 8.63. The molecule has 1 saturated heterocycles. The van der Waals surface area contributed by atoms with Gasteiger partial charge in [-0.1, -0.05) is 24.3 Å². The maximum absolute atomic E-state index is 10.9. The number of carbonyl (C=O) groups is 1. The van der Waals surface area contributed by atoms with E-state index in [1.807, 2.05) is 0 Å². The van der Waals surface area contributed by atoms with Crippen molar-refractivity contribution in [2.75, 3.05) is 19.6 Å². The van der Waals surface area contributed by atoms with Crippen LogP contribution in [0.4, 0.5) is 0 Å². The number of hydrogen-bond donors (Lipinski definition) is 1. The number of aliphatic carboxylic acids is 1. The van der Waals surface area contributed by atoms with Crippen LogP contribution in [0.2, 0.25) is 0 Å². The zero-order valence-corrected chi connectivity index (χ0v) is 11.6. The van der Waals surface area contributed by atoms with Gasteiger partial charge in [-0.25, -0.2) is 4.79 Å². The lowest BCUT2D eigenvalue weighted by Gasteiger charge is -2.23. The molecule has 0 amide bonds. The van der Waals surface area contributed by atoms with Gasteiger partial charge in [0.25, 0.3) is 0 Å². The number of benzene rings is 1. The molecule has 1 aromatic rings. The van der Waals surface area contributed by atoms with Gasteiger partial charge < -0.3 is 14.7 Å². The average Bonchev–Trinajstić information content (AvgIpc) is 2.82. The molecule has 4 nitrogen and oxygen atoms in total. The lowest BCUT2D eigenvalue weighted by atomic mass is 10.0. The van der Waals surface area contributed by atoms with Crippen LogP contribution in [0, 0.1) is 0 Å². The van der Waals surface area contributed by atoms with Gasteiger partial charge in [-0.05, 0) is 36.8 Å². The maximum atomic E-state index is 10.9. The van der Waals surface area contributed by atoms with Crippen LogP contribution in [0.1, 0.15) is 24.0 Å². The highest BCUT2D eigenvalue weighted by atomic mass is 16.5. The summed E-state index contributed by atoms with van der Waals surface area (Å²) in [7, 11) is 0. The van der Waals surface area contributed by atoms with Crippen molar-refractivity contribution in [3.63, 3.8) is 0 Å². The predicted octanol–water partition coefficient (Wildman–Crippen LogP) is 1.72. The Bertz CT molecular complexity index is 461. The van der Waals surface area contributed by atoms with Gasteiger partial charge in [-0.2, -0.15) is 0 Å². The Morgan fingerprint density at radius 2 is 1.85 bits per heavy atom. The van der Waals surface area contributed by atoms with Gasteiger partial charge in [-0.15, -0.1) is 0 Å². The van der Waals surface area contributed by atoms with Crippen LogP contribution in [0.15, 0.2) is 24.3 Å². The summed E-state index contributed by atoms with van der Waals surface area (Å²) in [4.78, 5) is 13.3. The molecule has 108 valence electrons. The number of nitrogens with zero attached hydrogens (tertiary/aromatic N) is 1. The summed E-state index contributed by atoms with van der Waals surface area (Å²) < 4.78 is 5.60. The molecule has 2 aliphatic rings. The van der Waals surface area contributed by atoms with Crippen molar-refractivity contribution in [1.29, 1.82) is 0 Å². The van der Waals surface area contributed by atoms with Crippen molar-refractivity contribution in [3.05, 3.63) is 35.4 Å². The molecule has 1 aromatic carbocycles. The Kier molecular flexibility index (Phi) is 4.03. The topological polar surface area (TPSA) is 49.8 Å². The molecule has 3 rings (SSSR count). The molecule has 2 unspecified atom stereocenters. The molecular formula is C16H21NO3. The molecule has 4 heteroatoms. The SMILES string of the molecule is O=C(O)C1CCC(CN2CCc3ccccc3CC2)O1. The highest BCUT2D eigenvalue weighted by Gasteiger charge is 2.31. The normalized spacial score (nSPS) is 27.0. The van der Waals surface area contributed by atoms with E-state index in [0.717, 1.165) is 38.9 Å². The highest BCUT2D eigenvalue weighted by Crippen LogP contribution is 2.22. The Morgan fingerprint density at radius 3 is 2.40 bits per heavy atom. The Balaban J connectivity index is 1.55. The molecule has 2 atom stereocenters. The first-order chi connectivity index (χ1) is 9.72. The third-order valence-electron chi connectivity index (χ3n) is 4.36. The molecule has 20 heavy (non-hydrogen) atoms. The van der Waals surface area contributed by atoms with E-state index in [0.29, 0.717) is 6.42 Å². The highest BCUT2D eigenvalue weighted by molar-refractivity contribution is 5.72. The average molecular weight is 275 g/mol. The van der Waals surface area contributed by atoms with Gasteiger partial charge in [0.2, 0.25) is 0 Å². The van der Waals surface area contributed by atoms with Crippen LogP contribution < -0.4 is 0 Å². The van der Waals surface area contributed by atoms with Crippen molar-refractivity contribution < 1.29 is 14.6 Å². The molecule has 2 aliphatic heterocycles. The van der Waals surface area contributed by atoms with Gasteiger partial charge in [-0.3, -0.25) is 0 Å². The van der Waals surface area contributed by atoms with Crippen LogP contribution in [-0.2, 0) is 22.4 Å². The monoisotopic (exact) mass is 275 g/mol. The number of carboxylic acids is 1. The summed E-state index contributed by atoms with van der Waals surface area (Å²) in [5.74, 6) is -0.823. The number of hydrogen-bond acceptors (Lipinski definition) is 3. The van der Waals surface area contributed by atoms with Gasteiger partial charge in [0.05, 0.1) is 6.10 Å². The number of ether oxygens (including phenoxy) is 1. The van der Waals surface area contributed by atoms with E-state index in [-0.39, 0.29) is 6.10 Å². The van der Waals surface area contributed by atoms with Gasteiger partial charge in [0.1, 0.15) is 0 Å². The smallest absolute Gasteiger partial charge is 0.332 e. The predicted molar refractivity (Wildman–Crippen MR) is 75.8 cm³/mol. The standard InChI is InChI=1S/C16H21NO3/c18-16(19)15-6-5-14(20-15)11-17-9-7-12-3-1-2-4-13(12)8-10-17/h1-4,14-15H,5-11H2,(H,18,19). The summed E-state index contributed by atoms with van der Waals surface area (Å²) >= 11 is 0. The van der Waals surface area contributed by atoms with Crippen LogP contribution >= 0.6 is 0 Å². The third-order valence-corrected chi connectivity index (χ3v) is 4.36. The Morgan fingerprint density at radius 1 is 1.20 bits per heavy atom. The molecule has 1 N–H and O–H groups in total. The molecule has 2 heterocycles. The second-order valence-electron chi connectivity index (χ2n) is 5.73. The summed E-state index contributed by atoms with van der Waals surface area (Å²) in [6.07, 6.45) is 3.15. The van der Waals surface area contributed by atoms with E-state index in [9.17, 15) is 4.79 Å². The molecule has 1 fully saturated rings. The summed E-state index contributed by atoms with van der Waals surface area (Å²) in [5.41, 5.74) is 2.90. The molecule has 0 spiro atoms. The second-order valence-corrected chi connectivity index (χ2v) is 5.73. The first kappa shape index (κ1) is 13.6. The second kappa shape index (κ2) is 5.94. The van der Waals surface area contributed by atoms with E-state index in [1.165, 1.54) is 11.1 Å². The number of carboxylic acid groups (broad SMARTS) is 1. The lowest BCUT2D eigenvalue weighted by Crippen LogP contribution is -2.35. The fourth-order valence-electron chi connectivity index (χ4n) is 3.21. The lowest BCUT2D eigenvalue weighted by molar-refractivity contribution is -0.149. The minimum absolute atomic E-state index is 0.0808. The Labute approximate surface area is 119 Å². The van der Waals surface area contributed by atoms with Crippen molar-refractivity contribution in [2.45, 2.75) is 37.9 Å². The molecule has 0 aliphatic carbocycles. The van der Waals surface area contributed by atoms with E-state index in [2.05, 4.69) is 29.2 Å². The van der Waals surface area contributed by atoms with E-state index in [4.69, 9.17) is 9.84 Å². The zero-order valence-electron chi connectivity index (χ0n) is 11.6. The largest absolute Gasteiger partial charge is 0.479 e. The zero-order chi connectivity index (χ0) is 13.9. The third kappa shape index (κ3) is 3.02. The molecule has 0 aromatic heterocycles. The quantitative estimate of drug-likeness (QED) is 0.912. The minimum Gasteiger partial charge on any atom is -0.479 e. The maximum Gasteiger partial charge on any atom is 0.332 e. The van der Waals surface area contributed by atoms with E-state index in [1.54, 1.807) is 0 Å². The van der Waals surface area contributed by atoms with Gasteiger partial charge in [0, 0.05) is 19.6 Å². The van der Waals surface area contributed by atoms with Crippen LogP contribution in [0.5, 0.6) is 0 Å². The van der Waals surface area contributed by atoms with E-state index >= 15 is 0 Å². The molecule has 0 saturated carbocycles.